The molecule has 98 valence electrons. The van der Waals surface area contributed by atoms with Gasteiger partial charge in [-0.2, -0.15) is 0 Å². The molecule has 0 aliphatic heterocycles. The van der Waals surface area contributed by atoms with Crippen LogP contribution in [0.2, 0.25) is 0 Å². The van der Waals surface area contributed by atoms with Gasteiger partial charge in [-0.15, -0.1) is 0 Å². The third kappa shape index (κ3) is 3.22. The number of hydrogen-bond acceptors (Lipinski definition) is 1. The molecule has 1 aliphatic carbocycles. The highest BCUT2D eigenvalue weighted by Crippen LogP contribution is 2.28. The lowest BCUT2D eigenvalue weighted by Gasteiger charge is -2.22. The van der Waals surface area contributed by atoms with Crippen molar-refractivity contribution in [2.75, 3.05) is 0 Å². The Hall–Kier alpha value is -1.11. The number of benzene rings is 1. The molecule has 0 unspecified atom stereocenters. The van der Waals surface area contributed by atoms with Crippen LogP contribution in [0.4, 0.5) is 0 Å². The highest BCUT2D eigenvalue weighted by molar-refractivity contribution is 5.97. The van der Waals surface area contributed by atoms with Gasteiger partial charge in [-0.3, -0.25) is 4.79 Å². The average molecular weight is 244 g/mol. The molecule has 0 N–H and O–H groups in total. The Morgan fingerprint density at radius 3 is 2.61 bits per heavy atom. The molecule has 1 aromatic rings. The maximum absolute atomic E-state index is 11.7. The van der Waals surface area contributed by atoms with Crippen LogP contribution in [0.3, 0.4) is 0 Å². The van der Waals surface area contributed by atoms with Crippen molar-refractivity contribution in [3.05, 3.63) is 34.9 Å². The number of ketones is 1. The van der Waals surface area contributed by atoms with Crippen molar-refractivity contribution >= 4 is 5.78 Å². The summed E-state index contributed by atoms with van der Waals surface area (Å²) in [6.07, 6.45) is 9.32. The molecule has 18 heavy (non-hydrogen) atoms. The minimum absolute atomic E-state index is 0.215. The standard InChI is InChI=1S/C17H24O/c1-13-7-6-10-16(17(13)14(2)18)12-11-15-8-4-3-5-9-15/h6-7,10,15H,3-5,8-9,11-12H2,1-2H3. The Morgan fingerprint density at radius 1 is 1.22 bits per heavy atom. The fourth-order valence-corrected chi connectivity index (χ4v) is 3.28. The largest absolute Gasteiger partial charge is 0.294 e. The molecule has 0 saturated heterocycles. The van der Waals surface area contributed by atoms with E-state index in [9.17, 15) is 4.79 Å². The zero-order valence-electron chi connectivity index (χ0n) is 11.7. The van der Waals surface area contributed by atoms with Gasteiger partial charge >= 0.3 is 0 Å². The summed E-state index contributed by atoms with van der Waals surface area (Å²) in [5.41, 5.74) is 3.35. The van der Waals surface area contributed by atoms with Crippen LogP contribution >= 0.6 is 0 Å². The molecule has 0 bridgehead atoms. The third-order valence-corrected chi connectivity index (χ3v) is 4.26. The molecule has 1 heteroatoms. The van der Waals surface area contributed by atoms with E-state index in [1.165, 1.54) is 44.1 Å². The molecule has 0 spiro atoms. The van der Waals surface area contributed by atoms with E-state index in [1.807, 2.05) is 13.0 Å². The molecule has 2 rings (SSSR count). The van der Waals surface area contributed by atoms with Gasteiger partial charge in [0, 0.05) is 5.56 Å². The number of hydrogen-bond donors (Lipinski definition) is 0. The molecule has 0 heterocycles. The highest BCUT2D eigenvalue weighted by Gasteiger charge is 2.15. The number of aryl methyl sites for hydroxylation is 2. The summed E-state index contributed by atoms with van der Waals surface area (Å²) >= 11 is 0. The lowest BCUT2D eigenvalue weighted by molar-refractivity contribution is 0.101. The lowest BCUT2D eigenvalue weighted by atomic mass is 9.84. The predicted molar refractivity (Wildman–Crippen MR) is 76.1 cm³/mol. The number of carbonyl (C=O) groups excluding carboxylic acids is 1. The molecule has 0 radical (unpaired) electrons. The molecule has 1 fully saturated rings. The Labute approximate surface area is 111 Å². The lowest BCUT2D eigenvalue weighted by Crippen LogP contribution is -2.09. The van der Waals surface area contributed by atoms with Gasteiger partial charge in [0.15, 0.2) is 5.78 Å². The second-order valence-electron chi connectivity index (χ2n) is 5.71. The van der Waals surface area contributed by atoms with Crippen molar-refractivity contribution in [1.82, 2.24) is 0 Å². The van der Waals surface area contributed by atoms with Crippen molar-refractivity contribution in [1.29, 1.82) is 0 Å². The van der Waals surface area contributed by atoms with Crippen LogP contribution in [-0.2, 0) is 6.42 Å². The fourth-order valence-electron chi connectivity index (χ4n) is 3.28. The summed E-state index contributed by atoms with van der Waals surface area (Å²) < 4.78 is 0. The van der Waals surface area contributed by atoms with Crippen LogP contribution in [-0.4, -0.2) is 5.78 Å². The number of rotatable bonds is 4. The first-order valence-electron chi connectivity index (χ1n) is 7.28. The van der Waals surface area contributed by atoms with E-state index >= 15 is 0 Å². The SMILES string of the molecule is CC(=O)c1c(C)cccc1CCC1CCCCC1. The predicted octanol–water partition coefficient (Wildman–Crippen LogP) is 4.71. The highest BCUT2D eigenvalue weighted by atomic mass is 16.1. The minimum atomic E-state index is 0.215. The first-order chi connectivity index (χ1) is 8.68. The second kappa shape index (κ2) is 6.17. The average Bonchev–Trinajstić information content (AvgIpc) is 2.37. The molecule has 1 nitrogen and oxygen atoms in total. The molecule has 0 amide bonds. The molecule has 0 aromatic heterocycles. The van der Waals surface area contributed by atoms with Gasteiger partial charge in [0.2, 0.25) is 0 Å². The molecular weight excluding hydrogens is 220 g/mol. The zero-order chi connectivity index (χ0) is 13.0. The van der Waals surface area contributed by atoms with Crippen molar-refractivity contribution in [2.45, 2.75) is 58.8 Å². The third-order valence-electron chi connectivity index (χ3n) is 4.26. The molecule has 1 aliphatic rings. The normalized spacial score (nSPS) is 16.8. The van der Waals surface area contributed by atoms with Gasteiger partial charge in [-0.05, 0) is 43.7 Å². The van der Waals surface area contributed by atoms with Crippen LogP contribution in [0.5, 0.6) is 0 Å². The summed E-state index contributed by atoms with van der Waals surface area (Å²) in [5.74, 6) is 1.10. The molecule has 0 atom stereocenters. The van der Waals surface area contributed by atoms with E-state index in [2.05, 4.69) is 12.1 Å². The Kier molecular flexibility index (Phi) is 4.57. The minimum Gasteiger partial charge on any atom is -0.294 e. The molecule has 1 saturated carbocycles. The van der Waals surface area contributed by atoms with E-state index in [-0.39, 0.29) is 5.78 Å². The van der Waals surface area contributed by atoms with E-state index < -0.39 is 0 Å². The summed E-state index contributed by atoms with van der Waals surface area (Å²) in [7, 11) is 0. The van der Waals surface area contributed by atoms with Crippen LogP contribution < -0.4 is 0 Å². The van der Waals surface area contributed by atoms with Gasteiger partial charge in [0.25, 0.3) is 0 Å². The van der Waals surface area contributed by atoms with Gasteiger partial charge in [0.1, 0.15) is 0 Å². The van der Waals surface area contributed by atoms with Gasteiger partial charge in [0.05, 0.1) is 0 Å². The van der Waals surface area contributed by atoms with Crippen molar-refractivity contribution in [3.8, 4) is 0 Å². The van der Waals surface area contributed by atoms with Gasteiger partial charge < -0.3 is 0 Å². The smallest absolute Gasteiger partial charge is 0.160 e. The summed E-state index contributed by atoms with van der Waals surface area (Å²) in [6.45, 7) is 3.73. The first-order valence-corrected chi connectivity index (χ1v) is 7.28. The molecule has 1 aromatic carbocycles. The van der Waals surface area contributed by atoms with E-state index in [0.29, 0.717) is 0 Å². The topological polar surface area (TPSA) is 17.1 Å². The monoisotopic (exact) mass is 244 g/mol. The summed E-state index contributed by atoms with van der Waals surface area (Å²) in [4.78, 5) is 11.7. The Balaban J connectivity index is 2.04. The van der Waals surface area contributed by atoms with E-state index in [1.54, 1.807) is 6.92 Å². The second-order valence-corrected chi connectivity index (χ2v) is 5.71. The maximum Gasteiger partial charge on any atom is 0.160 e. The Morgan fingerprint density at radius 2 is 1.94 bits per heavy atom. The molecular formula is C17H24O. The van der Waals surface area contributed by atoms with Crippen molar-refractivity contribution < 1.29 is 4.79 Å². The summed E-state index contributed by atoms with van der Waals surface area (Å²) in [6, 6.07) is 6.26. The van der Waals surface area contributed by atoms with Crippen LogP contribution in [0.1, 0.15) is 66.9 Å². The van der Waals surface area contributed by atoms with Crippen LogP contribution in [0, 0.1) is 12.8 Å². The zero-order valence-corrected chi connectivity index (χ0v) is 11.7. The van der Waals surface area contributed by atoms with E-state index in [4.69, 9.17) is 0 Å². The Bertz CT molecular complexity index is 414. The van der Waals surface area contributed by atoms with Crippen LogP contribution in [0.25, 0.3) is 0 Å². The fraction of sp³-hybridized carbons (Fsp3) is 0.588. The first kappa shape index (κ1) is 13.3. The van der Waals surface area contributed by atoms with Gasteiger partial charge in [-0.25, -0.2) is 0 Å². The number of Topliss-reactive ketones (excluding diaryl/α,β-unsaturated/α-hetero) is 1. The summed E-state index contributed by atoms with van der Waals surface area (Å²) in [5, 5.41) is 0. The van der Waals surface area contributed by atoms with Crippen molar-refractivity contribution in [2.24, 2.45) is 5.92 Å². The van der Waals surface area contributed by atoms with Gasteiger partial charge in [-0.1, -0.05) is 50.3 Å². The maximum atomic E-state index is 11.7. The van der Waals surface area contributed by atoms with Crippen molar-refractivity contribution in [3.63, 3.8) is 0 Å². The quantitative estimate of drug-likeness (QED) is 0.701. The number of carbonyl (C=O) groups is 1. The van der Waals surface area contributed by atoms with E-state index in [0.717, 1.165) is 23.5 Å². The van der Waals surface area contributed by atoms with Crippen LogP contribution in [0.15, 0.2) is 18.2 Å².